The van der Waals surface area contributed by atoms with E-state index in [2.05, 4.69) is 41.1 Å². The number of hydrogen-bond acceptors (Lipinski definition) is 2. The zero-order valence-corrected chi connectivity index (χ0v) is 11.2. The first kappa shape index (κ1) is 11.0. The van der Waals surface area contributed by atoms with Crippen LogP contribution in [0.15, 0.2) is 24.3 Å². The van der Waals surface area contributed by atoms with Crippen molar-refractivity contribution in [2.24, 2.45) is 11.8 Å². The zero-order valence-electron chi connectivity index (χ0n) is 11.2. The molecule has 2 heteroatoms. The molecule has 0 N–H and O–H groups in total. The van der Waals surface area contributed by atoms with Crippen LogP contribution < -0.4 is 0 Å². The predicted octanol–water partition coefficient (Wildman–Crippen LogP) is 1.65. The molecular weight excluding hydrogens is 220 g/mol. The van der Waals surface area contributed by atoms with Gasteiger partial charge in [-0.2, -0.15) is 0 Å². The monoisotopic (exact) mass is 242 g/mol. The van der Waals surface area contributed by atoms with Gasteiger partial charge in [0.05, 0.1) is 0 Å². The molecule has 4 rings (SSSR count). The fourth-order valence-electron chi connectivity index (χ4n) is 4.36. The minimum absolute atomic E-state index is 0.790. The van der Waals surface area contributed by atoms with Gasteiger partial charge in [-0.05, 0) is 42.9 Å². The van der Waals surface area contributed by atoms with Gasteiger partial charge in [0.2, 0.25) is 0 Å². The molecule has 0 aromatic heterocycles. The van der Waals surface area contributed by atoms with Crippen LogP contribution in [0, 0.1) is 11.8 Å². The largest absolute Gasteiger partial charge is 0.306 e. The quantitative estimate of drug-likeness (QED) is 0.739. The molecule has 2 saturated heterocycles. The van der Waals surface area contributed by atoms with Crippen molar-refractivity contribution in [2.75, 3.05) is 33.2 Å². The molecule has 0 radical (unpaired) electrons. The number of nitrogens with zero attached hydrogens (tertiary/aromatic N) is 2. The van der Waals surface area contributed by atoms with Crippen molar-refractivity contribution in [2.45, 2.75) is 18.9 Å². The van der Waals surface area contributed by atoms with Gasteiger partial charge in [-0.25, -0.2) is 0 Å². The summed E-state index contributed by atoms with van der Waals surface area (Å²) in [5, 5.41) is 0. The van der Waals surface area contributed by atoms with Crippen LogP contribution in [0.4, 0.5) is 0 Å². The second kappa shape index (κ2) is 4.07. The molecule has 0 amide bonds. The molecule has 2 fully saturated rings. The van der Waals surface area contributed by atoms with Crippen LogP contribution in [0.1, 0.15) is 11.1 Å². The average molecular weight is 242 g/mol. The molecule has 2 aliphatic heterocycles. The Morgan fingerprint density at radius 3 is 2.00 bits per heavy atom. The van der Waals surface area contributed by atoms with E-state index in [9.17, 15) is 0 Å². The zero-order chi connectivity index (χ0) is 12.1. The van der Waals surface area contributed by atoms with Crippen LogP contribution in [0.25, 0.3) is 0 Å². The molecule has 0 spiro atoms. The third-order valence-electron chi connectivity index (χ3n) is 5.24. The minimum atomic E-state index is 0.790. The molecule has 1 aromatic rings. The number of rotatable bonds is 1. The van der Waals surface area contributed by atoms with Crippen molar-refractivity contribution < 1.29 is 0 Å². The lowest BCUT2D eigenvalue weighted by Gasteiger charge is -2.25. The summed E-state index contributed by atoms with van der Waals surface area (Å²) in [5.41, 5.74) is 3.19. The van der Waals surface area contributed by atoms with E-state index >= 15 is 0 Å². The average Bonchev–Trinajstić information content (AvgIpc) is 2.98. The lowest BCUT2D eigenvalue weighted by atomic mass is 10.0. The van der Waals surface area contributed by atoms with Crippen LogP contribution in [0.3, 0.4) is 0 Å². The molecule has 1 aromatic carbocycles. The van der Waals surface area contributed by atoms with E-state index in [0.717, 1.165) is 17.9 Å². The summed E-state index contributed by atoms with van der Waals surface area (Å²) in [7, 11) is 2.27. The maximum absolute atomic E-state index is 2.78. The number of benzene rings is 1. The summed E-state index contributed by atoms with van der Waals surface area (Å²) in [6.07, 6.45) is 2.57. The van der Waals surface area contributed by atoms with Gasteiger partial charge >= 0.3 is 0 Å². The summed E-state index contributed by atoms with van der Waals surface area (Å²) < 4.78 is 0. The molecule has 96 valence electrons. The van der Waals surface area contributed by atoms with E-state index in [1.165, 1.54) is 39.0 Å². The standard InChI is InChI=1S/C16H22N2/c1-17-8-14-10-18(11-15(14)9-17)16-6-12-4-2-3-5-13(12)7-16/h2-5,14-16H,6-11H2,1H3. The van der Waals surface area contributed by atoms with Crippen molar-refractivity contribution in [1.29, 1.82) is 0 Å². The van der Waals surface area contributed by atoms with Crippen LogP contribution in [-0.2, 0) is 12.8 Å². The van der Waals surface area contributed by atoms with E-state index in [1.54, 1.807) is 11.1 Å². The SMILES string of the molecule is CN1CC2CN(C3Cc4ccccc4C3)CC2C1. The molecule has 2 nitrogen and oxygen atoms in total. The molecule has 0 bridgehead atoms. The van der Waals surface area contributed by atoms with Gasteiger partial charge in [0.15, 0.2) is 0 Å². The molecule has 18 heavy (non-hydrogen) atoms. The Balaban J connectivity index is 1.46. The Hall–Kier alpha value is -0.860. The molecule has 2 atom stereocenters. The highest BCUT2D eigenvalue weighted by molar-refractivity contribution is 5.33. The molecular formula is C16H22N2. The highest BCUT2D eigenvalue weighted by atomic mass is 15.2. The number of fused-ring (bicyclic) bond motifs is 2. The Labute approximate surface area is 110 Å². The second-order valence-electron chi connectivity index (χ2n) is 6.53. The van der Waals surface area contributed by atoms with Gasteiger partial charge in [0, 0.05) is 32.2 Å². The number of hydrogen-bond donors (Lipinski definition) is 0. The van der Waals surface area contributed by atoms with Gasteiger partial charge < -0.3 is 4.90 Å². The Kier molecular flexibility index (Phi) is 2.49. The van der Waals surface area contributed by atoms with Crippen molar-refractivity contribution in [3.63, 3.8) is 0 Å². The van der Waals surface area contributed by atoms with Crippen molar-refractivity contribution in [3.05, 3.63) is 35.4 Å². The number of likely N-dealkylation sites (tertiary alicyclic amines) is 2. The van der Waals surface area contributed by atoms with E-state index in [4.69, 9.17) is 0 Å². The Bertz CT molecular complexity index is 417. The van der Waals surface area contributed by atoms with Crippen LogP contribution >= 0.6 is 0 Å². The lowest BCUT2D eigenvalue weighted by molar-refractivity contribution is 0.216. The van der Waals surface area contributed by atoms with Crippen molar-refractivity contribution in [3.8, 4) is 0 Å². The summed E-state index contributed by atoms with van der Waals surface area (Å²) in [4.78, 5) is 5.29. The first-order valence-corrected chi connectivity index (χ1v) is 7.29. The van der Waals surface area contributed by atoms with Crippen LogP contribution in [0.2, 0.25) is 0 Å². The van der Waals surface area contributed by atoms with Gasteiger partial charge in [0.1, 0.15) is 0 Å². The normalized spacial score (nSPS) is 32.9. The summed E-state index contributed by atoms with van der Waals surface area (Å²) in [5.74, 6) is 1.89. The topological polar surface area (TPSA) is 6.48 Å². The first-order valence-electron chi connectivity index (χ1n) is 7.29. The lowest BCUT2D eigenvalue weighted by Crippen LogP contribution is -2.36. The minimum Gasteiger partial charge on any atom is -0.306 e. The highest BCUT2D eigenvalue weighted by Gasteiger charge is 2.41. The van der Waals surface area contributed by atoms with Gasteiger partial charge in [0.25, 0.3) is 0 Å². The van der Waals surface area contributed by atoms with E-state index in [0.29, 0.717) is 0 Å². The maximum Gasteiger partial charge on any atom is 0.0176 e. The fourth-order valence-corrected chi connectivity index (χ4v) is 4.36. The van der Waals surface area contributed by atoms with Gasteiger partial charge in [-0.15, -0.1) is 0 Å². The van der Waals surface area contributed by atoms with E-state index < -0.39 is 0 Å². The summed E-state index contributed by atoms with van der Waals surface area (Å²) >= 11 is 0. The maximum atomic E-state index is 2.78. The molecule has 2 heterocycles. The van der Waals surface area contributed by atoms with Crippen molar-refractivity contribution >= 4 is 0 Å². The van der Waals surface area contributed by atoms with Gasteiger partial charge in [-0.3, -0.25) is 4.90 Å². The predicted molar refractivity (Wildman–Crippen MR) is 73.7 cm³/mol. The third-order valence-corrected chi connectivity index (χ3v) is 5.24. The Morgan fingerprint density at radius 2 is 1.44 bits per heavy atom. The Morgan fingerprint density at radius 1 is 0.889 bits per heavy atom. The molecule has 0 saturated carbocycles. The molecule has 1 aliphatic carbocycles. The van der Waals surface area contributed by atoms with E-state index in [1.807, 2.05) is 0 Å². The first-order chi connectivity index (χ1) is 8.79. The van der Waals surface area contributed by atoms with Crippen LogP contribution in [-0.4, -0.2) is 49.1 Å². The van der Waals surface area contributed by atoms with Gasteiger partial charge in [-0.1, -0.05) is 24.3 Å². The molecule has 2 unspecified atom stereocenters. The molecule has 3 aliphatic rings. The van der Waals surface area contributed by atoms with E-state index in [-0.39, 0.29) is 0 Å². The highest BCUT2D eigenvalue weighted by Crippen LogP contribution is 2.34. The second-order valence-corrected chi connectivity index (χ2v) is 6.53. The summed E-state index contributed by atoms with van der Waals surface area (Å²) in [6.45, 7) is 5.32. The smallest absolute Gasteiger partial charge is 0.0176 e. The fraction of sp³-hybridized carbons (Fsp3) is 0.625. The summed E-state index contributed by atoms with van der Waals surface area (Å²) in [6, 6.07) is 9.81. The van der Waals surface area contributed by atoms with Crippen LogP contribution in [0.5, 0.6) is 0 Å². The third kappa shape index (κ3) is 1.70. The van der Waals surface area contributed by atoms with Crippen molar-refractivity contribution in [1.82, 2.24) is 9.80 Å².